The van der Waals surface area contributed by atoms with Crippen molar-refractivity contribution in [2.24, 2.45) is 0 Å². The molecule has 188 valence electrons. The molecule has 0 saturated carbocycles. The number of halogens is 6. The van der Waals surface area contributed by atoms with Crippen LogP contribution < -0.4 is 4.74 Å². The number of ether oxygens (including phenoxy) is 1. The molecule has 0 spiro atoms. The number of aryl methyl sites for hydroxylation is 1. The van der Waals surface area contributed by atoms with Crippen LogP contribution in [-0.2, 0) is 19.3 Å². The number of benzene rings is 3. The summed E-state index contributed by atoms with van der Waals surface area (Å²) in [4.78, 5) is 0. The molecule has 0 aromatic heterocycles. The van der Waals surface area contributed by atoms with E-state index >= 15 is 4.39 Å². The van der Waals surface area contributed by atoms with Gasteiger partial charge in [0, 0.05) is 11.1 Å². The topological polar surface area (TPSA) is 9.23 Å². The molecule has 1 aliphatic carbocycles. The third-order valence-corrected chi connectivity index (χ3v) is 6.34. The summed E-state index contributed by atoms with van der Waals surface area (Å²) in [6.07, 6.45) is -1.32. The third-order valence-electron chi connectivity index (χ3n) is 6.34. The minimum atomic E-state index is -4.78. The van der Waals surface area contributed by atoms with Gasteiger partial charge in [-0.15, -0.1) is 13.2 Å². The molecule has 0 aliphatic heterocycles. The third kappa shape index (κ3) is 6.04. The molecule has 3 aromatic rings. The summed E-state index contributed by atoms with van der Waals surface area (Å²) in [6.45, 7) is 2.02. The fourth-order valence-electron chi connectivity index (χ4n) is 4.58. The van der Waals surface area contributed by atoms with Crippen LogP contribution >= 0.6 is 0 Å². The summed E-state index contributed by atoms with van der Waals surface area (Å²) in [7, 11) is 0. The van der Waals surface area contributed by atoms with E-state index in [1.807, 2.05) is 6.92 Å². The van der Waals surface area contributed by atoms with E-state index in [1.54, 1.807) is 6.07 Å². The lowest BCUT2D eigenvalue weighted by molar-refractivity contribution is -0.274. The number of alkyl halides is 3. The Bertz CT molecular complexity index is 1280. The van der Waals surface area contributed by atoms with E-state index < -0.39 is 23.8 Å². The van der Waals surface area contributed by atoms with Gasteiger partial charge in [0.15, 0.2) is 0 Å². The molecule has 0 amide bonds. The zero-order valence-corrected chi connectivity index (χ0v) is 19.6. The number of hydrogen-bond acceptors (Lipinski definition) is 1. The van der Waals surface area contributed by atoms with Crippen molar-refractivity contribution in [1.82, 2.24) is 0 Å². The largest absolute Gasteiger partial charge is 0.573 e. The Morgan fingerprint density at radius 3 is 2.28 bits per heavy atom. The molecule has 36 heavy (non-hydrogen) atoms. The predicted octanol–water partition coefficient (Wildman–Crippen LogP) is 8.02. The lowest BCUT2D eigenvalue weighted by Gasteiger charge is -2.26. The van der Waals surface area contributed by atoms with Gasteiger partial charge in [-0.2, -0.15) is 0 Å². The van der Waals surface area contributed by atoms with Crippen molar-refractivity contribution in [3.63, 3.8) is 0 Å². The first-order chi connectivity index (χ1) is 17.1. The zero-order valence-electron chi connectivity index (χ0n) is 19.6. The summed E-state index contributed by atoms with van der Waals surface area (Å²) in [5.41, 5.74) is 2.42. The minimum absolute atomic E-state index is 0.0584. The maximum atomic E-state index is 15.2. The highest BCUT2D eigenvalue weighted by Crippen LogP contribution is 2.37. The summed E-state index contributed by atoms with van der Waals surface area (Å²) < 4.78 is 85.5. The average Bonchev–Trinajstić information content (AvgIpc) is 2.82. The van der Waals surface area contributed by atoms with E-state index in [2.05, 4.69) is 16.6 Å². The van der Waals surface area contributed by atoms with Gasteiger partial charge in [0.2, 0.25) is 0 Å². The Balaban J connectivity index is 1.51. The highest BCUT2D eigenvalue weighted by atomic mass is 19.4. The van der Waals surface area contributed by atoms with Crippen molar-refractivity contribution in [1.29, 1.82) is 0 Å². The van der Waals surface area contributed by atoms with Crippen LogP contribution in [0.15, 0.2) is 48.5 Å². The smallest absolute Gasteiger partial charge is 0.406 e. The molecule has 0 N–H and O–H groups in total. The molecule has 1 unspecified atom stereocenters. The summed E-state index contributed by atoms with van der Waals surface area (Å²) in [6, 6.07) is 11.0. The van der Waals surface area contributed by atoms with Crippen LogP contribution in [0.25, 0.3) is 0 Å². The van der Waals surface area contributed by atoms with Crippen LogP contribution in [0, 0.1) is 29.3 Å². The molecule has 0 radical (unpaired) electrons. The molecule has 0 bridgehead atoms. The fourth-order valence-corrected chi connectivity index (χ4v) is 4.58. The van der Waals surface area contributed by atoms with Crippen LogP contribution in [0.4, 0.5) is 26.3 Å². The first kappa shape index (κ1) is 25.7. The molecule has 7 heteroatoms. The van der Waals surface area contributed by atoms with E-state index in [9.17, 15) is 22.0 Å². The van der Waals surface area contributed by atoms with Crippen molar-refractivity contribution in [3.05, 3.63) is 99.4 Å². The van der Waals surface area contributed by atoms with Gasteiger partial charge in [-0.05, 0) is 97.2 Å². The van der Waals surface area contributed by atoms with Crippen LogP contribution in [0.5, 0.6) is 5.75 Å². The van der Waals surface area contributed by atoms with E-state index in [0.29, 0.717) is 47.9 Å². The van der Waals surface area contributed by atoms with E-state index in [4.69, 9.17) is 0 Å². The quantitative estimate of drug-likeness (QED) is 0.254. The second kappa shape index (κ2) is 10.7. The van der Waals surface area contributed by atoms with Crippen molar-refractivity contribution < 1.29 is 31.1 Å². The molecule has 3 aromatic carbocycles. The lowest BCUT2D eigenvalue weighted by atomic mass is 9.79. The highest BCUT2D eigenvalue weighted by molar-refractivity contribution is 5.49. The van der Waals surface area contributed by atoms with E-state index in [0.717, 1.165) is 25.0 Å². The molecular weight excluding hydrogens is 478 g/mol. The highest BCUT2D eigenvalue weighted by Gasteiger charge is 2.31. The number of fused-ring (bicyclic) bond motifs is 1. The standard InChI is InChI=1S/C29H24F6O/c1-2-3-4-19-15-25(30)27(26(31)16-19)22-11-14-24-21(17-22)10-9-20(28(24)32)8-5-18-6-12-23(13-7-18)36-29(33,34)35/h6-7,9-10,12-13,15-16,22H,2-4,11,14,17H2,1H3. The molecule has 1 aliphatic rings. The van der Waals surface area contributed by atoms with Gasteiger partial charge in [-0.25, -0.2) is 13.2 Å². The molecule has 0 saturated heterocycles. The first-order valence-electron chi connectivity index (χ1n) is 11.8. The maximum Gasteiger partial charge on any atom is 0.573 e. The van der Waals surface area contributed by atoms with Crippen molar-refractivity contribution in [2.45, 2.75) is 57.7 Å². The minimum Gasteiger partial charge on any atom is -0.406 e. The lowest BCUT2D eigenvalue weighted by Crippen LogP contribution is -2.17. The van der Waals surface area contributed by atoms with Gasteiger partial charge in [0.1, 0.15) is 23.2 Å². The van der Waals surface area contributed by atoms with Gasteiger partial charge in [-0.3, -0.25) is 0 Å². The maximum absolute atomic E-state index is 15.2. The van der Waals surface area contributed by atoms with Gasteiger partial charge >= 0.3 is 6.36 Å². The van der Waals surface area contributed by atoms with Crippen LogP contribution in [0.3, 0.4) is 0 Å². The fraction of sp³-hybridized carbons (Fsp3) is 0.310. The molecule has 4 rings (SSSR count). The summed E-state index contributed by atoms with van der Waals surface area (Å²) in [5.74, 6) is 3.13. The SMILES string of the molecule is CCCCc1cc(F)c(C2CCc3c(ccc(C#Cc4ccc(OC(F)(F)F)cc4)c3F)C2)c(F)c1. The van der Waals surface area contributed by atoms with Crippen LogP contribution in [0.1, 0.15) is 65.5 Å². The number of hydrogen-bond donors (Lipinski definition) is 0. The zero-order chi connectivity index (χ0) is 25.9. The summed E-state index contributed by atoms with van der Waals surface area (Å²) >= 11 is 0. The average molecular weight is 502 g/mol. The second-order valence-corrected chi connectivity index (χ2v) is 8.90. The summed E-state index contributed by atoms with van der Waals surface area (Å²) in [5, 5.41) is 0. The molecule has 0 fully saturated rings. The van der Waals surface area contributed by atoms with Crippen LogP contribution in [-0.4, -0.2) is 6.36 Å². The van der Waals surface area contributed by atoms with Crippen LogP contribution in [0.2, 0.25) is 0 Å². The Morgan fingerprint density at radius 1 is 0.944 bits per heavy atom. The molecule has 0 heterocycles. The Morgan fingerprint density at radius 2 is 1.64 bits per heavy atom. The van der Waals surface area contributed by atoms with Gasteiger partial charge in [0.25, 0.3) is 0 Å². The molecule has 1 nitrogen and oxygen atoms in total. The normalized spacial score (nSPS) is 15.1. The van der Waals surface area contributed by atoms with Crippen molar-refractivity contribution in [2.75, 3.05) is 0 Å². The van der Waals surface area contributed by atoms with E-state index in [1.165, 1.54) is 30.3 Å². The number of unbranched alkanes of at least 4 members (excludes halogenated alkanes) is 1. The van der Waals surface area contributed by atoms with E-state index in [-0.39, 0.29) is 22.8 Å². The van der Waals surface area contributed by atoms with Crippen molar-refractivity contribution >= 4 is 0 Å². The predicted molar refractivity (Wildman–Crippen MR) is 125 cm³/mol. The van der Waals surface area contributed by atoms with Gasteiger partial charge in [-0.1, -0.05) is 31.3 Å². The molecular formula is C29H24F6O. The van der Waals surface area contributed by atoms with Gasteiger partial charge < -0.3 is 4.74 Å². The van der Waals surface area contributed by atoms with Gasteiger partial charge in [0.05, 0.1) is 5.56 Å². The molecule has 1 atom stereocenters. The second-order valence-electron chi connectivity index (χ2n) is 8.90. The number of rotatable bonds is 5. The Kier molecular flexibility index (Phi) is 7.63. The Hall–Kier alpha value is -3.40. The van der Waals surface area contributed by atoms with Crippen molar-refractivity contribution in [3.8, 4) is 17.6 Å². The monoisotopic (exact) mass is 502 g/mol. The first-order valence-corrected chi connectivity index (χ1v) is 11.8. The Labute approximate surface area is 206 Å².